The number of carbonyl (C=O) groups excluding carboxylic acids is 1. The van der Waals surface area contributed by atoms with Crippen molar-refractivity contribution in [2.75, 3.05) is 5.32 Å². The summed E-state index contributed by atoms with van der Waals surface area (Å²) in [7, 11) is 0. The molecule has 1 fully saturated rings. The molecule has 1 aliphatic rings. The fraction of sp³-hybridized carbons (Fsp3) is 0.222. The lowest BCUT2D eigenvalue weighted by Crippen LogP contribution is -2.31. The number of hydrogen-bond acceptors (Lipinski definition) is 4. The zero-order chi connectivity index (χ0) is 18.3. The van der Waals surface area contributed by atoms with Gasteiger partial charge in [0.1, 0.15) is 5.82 Å². The Morgan fingerprint density at radius 3 is 2.92 bits per heavy atom. The molecule has 0 spiro atoms. The van der Waals surface area contributed by atoms with E-state index in [1.807, 2.05) is 6.92 Å². The van der Waals surface area contributed by atoms with Gasteiger partial charge in [0.05, 0.1) is 28.0 Å². The van der Waals surface area contributed by atoms with Gasteiger partial charge < -0.3 is 5.32 Å². The molecule has 26 heavy (non-hydrogen) atoms. The molecule has 6 nitrogen and oxygen atoms in total. The van der Waals surface area contributed by atoms with Gasteiger partial charge in [-0.3, -0.25) is 14.8 Å². The van der Waals surface area contributed by atoms with Crippen LogP contribution in [-0.4, -0.2) is 25.7 Å². The Bertz CT molecular complexity index is 991. The van der Waals surface area contributed by atoms with Crippen molar-refractivity contribution in [2.24, 2.45) is 5.92 Å². The highest BCUT2D eigenvalue weighted by molar-refractivity contribution is 6.30. The van der Waals surface area contributed by atoms with Gasteiger partial charge in [0, 0.05) is 24.7 Å². The average molecular weight is 372 g/mol. The highest BCUT2D eigenvalue weighted by Crippen LogP contribution is 2.54. The number of carbonyl (C=O) groups is 1. The summed E-state index contributed by atoms with van der Waals surface area (Å²) in [5, 5.41) is 7.58. The van der Waals surface area contributed by atoms with Gasteiger partial charge in [-0.2, -0.15) is 5.10 Å². The molecule has 4 rings (SSSR count). The van der Waals surface area contributed by atoms with Gasteiger partial charge in [-0.15, -0.1) is 0 Å². The predicted molar refractivity (Wildman–Crippen MR) is 94.7 cm³/mol. The molecule has 0 aromatic carbocycles. The highest BCUT2D eigenvalue weighted by atomic mass is 35.5. The zero-order valence-electron chi connectivity index (χ0n) is 13.9. The first-order valence-corrected chi connectivity index (χ1v) is 8.47. The van der Waals surface area contributed by atoms with E-state index in [-0.39, 0.29) is 17.5 Å². The third-order valence-corrected chi connectivity index (χ3v) is 4.89. The van der Waals surface area contributed by atoms with Gasteiger partial charge >= 0.3 is 0 Å². The minimum atomic E-state index is -0.952. The molecule has 8 heteroatoms. The minimum absolute atomic E-state index is 0.00566. The average Bonchev–Trinajstić information content (AvgIpc) is 3.09. The van der Waals surface area contributed by atoms with Crippen LogP contribution in [0.2, 0.25) is 5.02 Å². The molecule has 0 radical (unpaired) electrons. The SMILES string of the molecule is CC1CC1(C(=O)Nc1ccn(-c2cncc(Cl)c2)n1)c1ncccc1F. The van der Waals surface area contributed by atoms with E-state index >= 15 is 0 Å². The molecule has 3 aromatic rings. The fourth-order valence-corrected chi connectivity index (χ4v) is 3.35. The number of halogens is 2. The number of amides is 1. The van der Waals surface area contributed by atoms with Crippen LogP contribution in [0.25, 0.3) is 5.69 Å². The number of pyridine rings is 2. The van der Waals surface area contributed by atoms with Crippen LogP contribution >= 0.6 is 11.6 Å². The van der Waals surface area contributed by atoms with E-state index in [4.69, 9.17) is 11.6 Å². The third kappa shape index (κ3) is 2.74. The summed E-state index contributed by atoms with van der Waals surface area (Å²) in [5.41, 5.74) is -0.0982. The Morgan fingerprint density at radius 1 is 1.42 bits per heavy atom. The lowest BCUT2D eigenvalue weighted by atomic mass is 9.97. The monoisotopic (exact) mass is 371 g/mol. The molecule has 1 N–H and O–H groups in total. The van der Waals surface area contributed by atoms with Crippen molar-refractivity contribution in [3.8, 4) is 5.69 Å². The van der Waals surface area contributed by atoms with E-state index in [1.54, 1.807) is 29.2 Å². The number of rotatable bonds is 4. The predicted octanol–water partition coefficient (Wildman–Crippen LogP) is 3.37. The molecule has 2 atom stereocenters. The van der Waals surface area contributed by atoms with E-state index in [0.717, 1.165) is 0 Å². The van der Waals surface area contributed by atoms with Crippen molar-refractivity contribution in [1.82, 2.24) is 19.7 Å². The summed E-state index contributed by atoms with van der Waals surface area (Å²) in [6, 6.07) is 6.21. The number of nitrogens with one attached hydrogen (secondary N) is 1. The van der Waals surface area contributed by atoms with Crippen molar-refractivity contribution in [1.29, 1.82) is 0 Å². The van der Waals surface area contributed by atoms with Crippen molar-refractivity contribution < 1.29 is 9.18 Å². The van der Waals surface area contributed by atoms with Crippen LogP contribution in [0, 0.1) is 11.7 Å². The maximum Gasteiger partial charge on any atom is 0.238 e. The van der Waals surface area contributed by atoms with Gasteiger partial charge in [0.15, 0.2) is 5.82 Å². The van der Waals surface area contributed by atoms with Crippen molar-refractivity contribution in [3.05, 3.63) is 65.6 Å². The number of aromatic nitrogens is 4. The topological polar surface area (TPSA) is 72.7 Å². The Hall–Kier alpha value is -2.80. The summed E-state index contributed by atoms with van der Waals surface area (Å²) in [4.78, 5) is 21.0. The Morgan fingerprint density at radius 2 is 2.23 bits per heavy atom. The minimum Gasteiger partial charge on any atom is -0.308 e. The van der Waals surface area contributed by atoms with Crippen LogP contribution in [0.3, 0.4) is 0 Å². The molecule has 2 unspecified atom stereocenters. The van der Waals surface area contributed by atoms with Crippen LogP contribution in [-0.2, 0) is 10.2 Å². The quantitative estimate of drug-likeness (QED) is 0.763. The maximum absolute atomic E-state index is 14.2. The molecule has 132 valence electrons. The number of nitrogens with zero attached hydrogens (tertiary/aromatic N) is 4. The smallest absolute Gasteiger partial charge is 0.238 e. The number of hydrogen-bond donors (Lipinski definition) is 1. The van der Waals surface area contributed by atoms with Crippen molar-refractivity contribution in [2.45, 2.75) is 18.8 Å². The molecule has 0 bridgehead atoms. The second kappa shape index (κ2) is 6.17. The molecule has 1 saturated carbocycles. The van der Waals surface area contributed by atoms with Crippen LogP contribution in [0.15, 0.2) is 49.1 Å². The van der Waals surface area contributed by atoms with E-state index in [1.165, 1.54) is 24.5 Å². The lowest BCUT2D eigenvalue weighted by Gasteiger charge is -2.15. The molecule has 0 saturated heterocycles. The fourth-order valence-electron chi connectivity index (χ4n) is 3.18. The second-order valence-electron chi connectivity index (χ2n) is 6.37. The zero-order valence-corrected chi connectivity index (χ0v) is 14.6. The van der Waals surface area contributed by atoms with Gasteiger partial charge in [-0.05, 0) is 30.5 Å². The Labute approximate surface area is 154 Å². The Kier molecular flexibility index (Phi) is 3.96. The number of anilines is 1. The molecule has 3 heterocycles. The lowest BCUT2D eigenvalue weighted by molar-refractivity contribution is -0.119. The highest BCUT2D eigenvalue weighted by Gasteiger charge is 2.61. The second-order valence-corrected chi connectivity index (χ2v) is 6.81. The van der Waals surface area contributed by atoms with Gasteiger partial charge in [0.25, 0.3) is 0 Å². The first-order valence-electron chi connectivity index (χ1n) is 8.10. The summed E-state index contributed by atoms with van der Waals surface area (Å²) in [6.45, 7) is 1.91. The largest absolute Gasteiger partial charge is 0.308 e. The normalized spacial score (nSPS) is 21.4. The molecule has 1 amide bonds. The molecular weight excluding hydrogens is 357 g/mol. The maximum atomic E-state index is 14.2. The van der Waals surface area contributed by atoms with Gasteiger partial charge in [-0.1, -0.05) is 18.5 Å². The Balaban J connectivity index is 1.58. The van der Waals surface area contributed by atoms with Gasteiger partial charge in [0.2, 0.25) is 5.91 Å². The van der Waals surface area contributed by atoms with E-state index < -0.39 is 11.2 Å². The van der Waals surface area contributed by atoms with E-state index in [2.05, 4.69) is 20.4 Å². The van der Waals surface area contributed by atoms with Crippen LogP contribution < -0.4 is 5.32 Å². The van der Waals surface area contributed by atoms with Crippen molar-refractivity contribution >= 4 is 23.3 Å². The first kappa shape index (κ1) is 16.7. The van der Waals surface area contributed by atoms with Crippen molar-refractivity contribution in [3.63, 3.8) is 0 Å². The van der Waals surface area contributed by atoms with Crippen LogP contribution in [0.5, 0.6) is 0 Å². The first-order chi connectivity index (χ1) is 12.5. The molecule has 3 aromatic heterocycles. The standard InChI is InChI=1S/C18H15ClFN5O/c1-11-8-18(11,16-14(20)3-2-5-22-16)17(26)23-15-4-6-25(24-15)13-7-12(19)9-21-10-13/h2-7,9-11H,8H2,1H3,(H,23,24,26). The third-order valence-electron chi connectivity index (χ3n) is 4.68. The molecule has 1 aliphatic carbocycles. The van der Waals surface area contributed by atoms with Crippen LogP contribution in [0.4, 0.5) is 10.2 Å². The van der Waals surface area contributed by atoms with Crippen LogP contribution in [0.1, 0.15) is 19.0 Å². The summed E-state index contributed by atoms with van der Waals surface area (Å²) < 4.78 is 15.7. The summed E-state index contributed by atoms with van der Waals surface area (Å²) >= 11 is 5.94. The summed E-state index contributed by atoms with van der Waals surface area (Å²) in [5.74, 6) is -0.407. The van der Waals surface area contributed by atoms with E-state index in [9.17, 15) is 9.18 Å². The molecular formula is C18H15ClFN5O. The van der Waals surface area contributed by atoms with E-state index in [0.29, 0.717) is 22.9 Å². The molecule has 0 aliphatic heterocycles. The summed E-state index contributed by atoms with van der Waals surface area (Å²) in [6.07, 6.45) is 6.87. The van der Waals surface area contributed by atoms with Gasteiger partial charge in [-0.25, -0.2) is 9.07 Å².